The number of benzene rings is 1. The summed E-state index contributed by atoms with van der Waals surface area (Å²) < 4.78 is 41.3. The first-order chi connectivity index (χ1) is 12.4. The average molecular weight is 421 g/mol. The zero-order valence-corrected chi connectivity index (χ0v) is 17.2. The van der Waals surface area contributed by atoms with E-state index in [1.807, 2.05) is 5.01 Å². The summed E-state index contributed by atoms with van der Waals surface area (Å²) in [4.78, 5) is 4.31. The molecule has 10 heteroatoms. The smallest absolute Gasteiger partial charge is 0.244 e. The molecule has 2 fully saturated rings. The lowest BCUT2D eigenvalue weighted by Crippen LogP contribution is -2.43. The van der Waals surface area contributed by atoms with Crippen LogP contribution in [0.3, 0.4) is 0 Å². The lowest BCUT2D eigenvalue weighted by molar-refractivity contribution is 0.0486. The highest BCUT2D eigenvalue weighted by molar-refractivity contribution is 8.14. The number of amidine groups is 1. The molecule has 0 unspecified atom stereocenters. The third-order valence-electron chi connectivity index (χ3n) is 4.48. The predicted octanol–water partition coefficient (Wildman–Crippen LogP) is 3.51. The van der Waals surface area contributed by atoms with Crippen molar-refractivity contribution in [2.75, 3.05) is 32.1 Å². The molecule has 0 spiro atoms. The molecule has 0 aliphatic carbocycles. The van der Waals surface area contributed by atoms with Crippen molar-refractivity contribution in [2.24, 2.45) is 4.99 Å². The van der Waals surface area contributed by atoms with Crippen LogP contribution in [0.25, 0.3) is 0 Å². The van der Waals surface area contributed by atoms with E-state index in [1.54, 1.807) is 13.8 Å². The van der Waals surface area contributed by atoms with Crippen molar-refractivity contribution >= 4 is 44.2 Å². The quantitative estimate of drug-likeness (QED) is 0.729. The molecule has 0 N–H and O–H groups in total. The van der Waals surface area contributed by atoms with Crippen molar-refractivity contribution in [1.29, 1.82) is 0 Å². The second kappa shape index (κ2) is 8.02. The van der Waals surface area contributed by atoms with Gasteiger partial charge in [-0.1, -0.05) is 37.2 Å². The van der Waals surface area contributed by atoms with Gasteiger partial charge in [-0.2, -0.15) is 4.31 Å². The molecule has 0 radical (unpaired) electrons. The number of thioether (sulfide) groups is 1. The number of sulfonamides is 1. The van der Waals surface area contributed by atoms with Gasteiger partial charge in [-0.05, 0) is 25.0 Å². The second-order valence-corrected chi connectivity index (χ2v) is 9.28. The molecule has 1 aromatic carbocycles. The Bertz CT molecular complexity index is 815. The number of fused-ring (bicyclic) bond motifs is 1. The Morgan fingerprint density at radius 3 is 2.65 bits per heavy atom. The van der Waals surface area contributed by atoms with Crippen LogP contribution in [-0.4, -0.2) is 60.0 Å². The van der Waals surface area contributed by atoms with E-state index in [0.29, 0.717) is 18.3 Å². The van der Waals surface area contributed by atoms with Crippen LogP contribution in [-0.2, 0) is 10.0 Å². The fourth-order valence-electron chi connectivity index (χ4n) is 3.07. The minimum atomic E-state index is -3.79. The van der Waals surface area contributed by atoms with Crippen molar-refractivity contribution in [3.05, 3.63) is 23.0 Å². The van der Waals surface area contributed by atoms with Crippen molar-refractivity contribution in [3.63, 3.8) is 0 Å². The van der Waals surface area contributed by atoms with Crippen molar-refractivity contribution < 1.29 is 12.8 Å². The van der Waals surface area contributed by atoms with Crippen LogP contribution in [0.4, 0.5) is 10.1 Å². The molecule has 0 aromatic heterocycles. The van der Waals surface area contributed by atoms with Crippen LogP contribution >= 0.6 is 23.4 Å². The fraction of sp³-hybridized carbons (Fsp3) is 0.562. The molecule has 26 heavy (non-hydrogen) atoms. The van der Waals surface area contributed by atoms with E-state index in [9.17, 15) is 12.8 Å². The molecule has 0 atom stereocenters. The van der Waals surface area contributed by atoms with Gasteiger partial charge in [-0.3, -0.25) is 5.01 Å². The zero-order chi connectivity index (χ0) is 18.9. The Balaban J connectivity index is 2.00. The largest absolute Gasteiger partial charge is 0.283 e. The third-order valence-corrected chi connectivity index (χ3v) is 7.98. The molecule has 0 bridgehead atoms. The van der Waals surface area contributed by atoms with Gasteiger partial charge in [0.25, 0.3) is 0 Å². The minimum absolute atomic E-state index is 0.00458. The lowest BCUT2D eigenvalue weighted by Gasteiger charge is -2.32. The van der Waals surface area contributed by atoms with Gasteiger partial charge >= 0.3 is 0 Å². The monoisotopic (exact) mass is 420 g/mol. The molecule has 2 aliphatic heterocycles. The Labute approximate surface area is 163 Å². The van der Waals surface area contributed by atoms with E-state index < -0.39 is 15.8 Å². The molecule has 1 aromatic rings. The van der Waals surface area contributed by atoms with Gasteiger partial charge < -0.3 is 0 Å². The summed E-state index contributed by atoms with van der Waals surface area (Å²) in [5.41, 5.74) is -0.00458. The molecular formula is C16H22ClFN4O2S2. The maximum Gasteiger partial charge on any atom is 0.244 e. The van der Waals surface area contributed by atoms with E-state index in [0.717, 1.165) is 37.9 Å². The molecule has 3 rings (SSSR count). The van der Waals surface area contributed by atoms with Crippen LogP contribution in [0.15, 0.2) is 22.0 Å². The van der Waals surface area contributed by atoms with Crippen molar-refractivity contribution in [1.82, 2.24) is 14.3 Å². The van der Waals surface area contributed by atoms with E-state index in [1.165, 1.54) is 22.1 Å². The van der Waals surface area contributed by atoms with Crippen molar-refractivity contribution in [3.8, 4) is 0 Å². The Morgan fingerprint density at radius 2 is 1.96 bits per heavy atom. The van der Waals surface area contributed by atoms with Gasteiger partial charge in [0.1, 0.15) is 16.4 Å². The standard InChI is InChI=1S/C16H22ClFN4O2S2/c1-3-21(4-2)26(23,24)15-10-14(13(18)9-12(15)17)19-16-22-8-6-5-7-20(22)11-25-16/h9-10H,3-8,11H2,1-2H3. The fourth-order valence-corrected chi connectivity index (χ4v) is 6.09. The van der Waals surface area contributed by atoms with Crippen LogP contribution in [0.2, 0.25) is 5.02 Å². The highest BCUT2D eigenvalue weighted by Gasteiger charge is 2.31. The SMILES string of the molecule is CCN(CC)S(=O)(=O)c1cc(N=C2SCN3CCCCN23)c(F)cc1Cl. The number of nitrogens with zero attached hydrogens (tertiary/aromatic N) is 4. The maximum absolute atomic E-state index is 14.4. The molecule has 0 amide bonds. The van der Waals surface area contributed by atoms with Crippen LogP contribution in [0, 0.1) is 5.82 Å². The highest BCUT2D eigenvalue weighted by Crippen LogP contribution is 2.34. The summed E-state index contributed by atoms with van der Waals surface area (Å²) in [6.07, 6.45) is 2.19. The Morgan fingerprint density at radius 1 is 1.27 bits per heavy atom. The first-order valence-corrected chi connectivity index (χ1v) is 11.4. The predicted molar refractivity (Wildman–Crippen MR) is 104 cm³/mol. The summed E-state index contributed by atoms with van der Waals surface area (Å²) in [7, 11) is -3.79. The Hall–Kier alpha value is -0.870. The summed E-state index contributed by atoms with van der Waals surface area (Å²) >= 11 is 7.58. The number of rotatable bonds is 5. The molecule has 6 nitrogen and oxygen atoms in total. The van der Waals surface area contributed by atoms with E-state index >= 15 is 0 Å². The molecular weight excluding hydrogens is 399 g/mol. The van der Waals surface area contributed by atoms with Crippen LogP contribution in [0.5, 0.6) is 0 Å². The lowest BCUT2D eigenvalue weighted by atomic mass is 10.2. The topological polar surface area (TPSA) is 56.2 Å². The van der Waals surface area contributed by atoms with Gasteiger partial charge in [0.05, 0.1) is 10.9 Å². The molecule has 2 saturated heterocycles. The van der Waals surface area contributed by atoms with E-state index in [2.05, 4.69) is 10.0 Å². The summed E-state index contributed by atoms with van der Waals surface area (Å²) in [5, 5.41) is 4.78. The average Bonchev–Trinajstić information content (AvgIpc) is 3.01. The number of hydrazine groups is 1. The number of aliphatic imine (C=N–C) groups is 1. The number of hydrogen-bond donors (Lipinski definition) is 0. The number of halogens is 2. The second-order valence-electron chi connectivity index (χ2n) is 6.05. The van der Waals surface area contributed by atoms with Crippen molar-refractivity contribution in [2.45, 2.75) is 31.6 Å². The first-order valence-electron chi connectivity index (χ1n) is 8.61. The maximum atomic E-state index is 14.4. The molecule has 0 saturated carbocycles. The summed E-state index contributed by atoms with van der Waals surface area (Å²) in [5.74, 6) is 0.149. The van der Waals surface area contributed by atoms with E-state index in [-0.39, 0.29) is 15.6 Å². The highest BCUT2D eigenvalue weighted by atomic mass is 35.5. The summed E-state index contributed by atoms with van der Waals surface area (Å²) in [6.45, 7) is 5.92. The normalized spacial score (nSPS) is 20.2. The minimum Gasteiger partial charge on any atom is -0.283 e. The van der Waals surface area contributed by atoms with Gasteiger partial charge in [-0.25, -0.2) is 22.8 Å². The first kappa shape index (κ1) is 19.9. The molecule has 144 valence electrons. The zero-order valence-electron chi connectivity index (χ0n) is 14.8. The van der Waals surface area contributed by atoms with Gasteiger partial charge in [0.15, 0.2) is 5.17 Å². The van der Waals surface area contributed by atoms with Gasteiger partial charge in [-0.15, -0.1) is 0 Å². The summed E-state index contributed by atoms with van der Waals surface area (Å²) in [6, 6.07) is 2.27. The third kappa shape index (κ3) is 3.73. The van der Waals surface area contributed by atoms with Crippen LogP contribution < -0.4 is 0 Å². The van der Waals surface area contributed by atoms with Crippen LogP contribution in [0.1, 0.15) is 26.7 Å². The molecule has 2 heterocycles. The van der Waals surface area contributed by atoms with E-state index in [4.69, 9.17) is 11.6 Å². The van der Waals surface area contributed by atoms with Gasteiger partial charge in [0, 0.05) is 26.2 Å². The Kier molecular flexibility index (Phi) is 6.13. The van der Waals surface area contributed by atoms with Gasteiger partial charge in [0.2, 0.25) is 10.0 Å². The number of hydrogen-bond acceptors (Lipinski definition) is 5. The molecule has 2 aliphatic rings.